The van der Waals surface area contributed by atoms with E-state index in [1.807, 2.05) is 6.92 Å². The first-order valence-corrected chi connectivity index (χ1v) is 6.10. The summed E-state index contributed by atoms with van der Waals surface area (Å²) in [6.45, 7) is 5.00. The fraction of sp³-hybridized carbons (Fsp3) is 0.917. The van der Waals surface area contributed by atoms with E-state index in [4.69, 9.17) is 0 Å². The molecule has 2 atom stereocenters. The second kappa shape index (κ2) is 5.64. The molecule has 1 amide bonds. The molecule has 0 saturated heterocycles. The molecule has 1 N–H and O–H groups in total. The lowest BCUT2D eigenvalue weighted by Gasteiger charge is -2.26. The van der Waals surface area contributed by atoms with Gasteiger partial charge in [0.05, 0.1) is 6.04 Å². The van der Waals surface area contributed by atoms with Gasteiger partial charge < -0.3 is 10.2 Å². The number of nitrogens with one attached hydrogen (secondary N) is 1. The molecule has 0 spiro atoms. The topological polar surface area (TPSA) is 35.6 Å². The van der Waals surface area contributed by atoms with E-state index >= 15 is 0 Å². The van der Waals surface area contributed by atoms with Crippen LogP contribution in [0.5, 0.6) is 0 Å². The zero-order valence-corrected chi connectivity index (χ0v) is 11.2. The molecule has 1 aliphatic rings. The molecule has 0 aromatic rings. The highest BCUT2D eigenvalue weighted by Gasteiger charge is 2.29. The molecule has 0 aromatic heterocycles. The summed E-state index contributed by atoms with van der Waals surface area (Å²) in [5, 5.41) is 3.29. The minimum Gasteiger partial charge on any atom is -0.347 e. The van der Waals surface area contributed by atoms with E-state index in [2.05, 4.69) is 24.2 Å². The standard InChI is InChI=1S/C12H25N3O/c1-9(15(5)11-6-7-11)8-13-10(2)12(16)14(3)4/h9-11,13H,6-8H2,1-5H3. The Bertz CT molecular complexity index is 238. The second-order valence-electron chi connectivity index (χ2n) is 5.11. The molecule has 2 unspecified atom stereocenters. The van der Waals surface area contributed by atoms with Crippen molar-refractivity contribution in [2.45, 2.75) is 44.8 Å². The summed E-state index contributed by atoms with van der Waals surface area (Å²) in [5.41, 5.74) is 0. The summed E-state index contributed by atoms with van der Waals surface area (Å²) >= 11 is 0. The Labute approximate surface area is 99.0 Å². The molecule has 0 heterocycles. The van der Waals surface area contributed by atoms with Crippen molar-refractivity contribution in [3.8, 4) is 0 Å². The highest BCUT2D eigenvalue weighted by Crippen LogP contribution is 2.26. The van der Waals surface area contributed by atoms with Gasteiger partial charge in [0.25, 0.3) is 0 Å². The van der Waals surface area contributed by atoms with Gasteiger partial charge >= 0.3 is 0 Å². The summed E-state index contributed by atoms with van der Waals surface area (Å²) in [6, 6.07) is 1.17. The molecule has 0 radical (unpaired) electrons. The van der Waals surface area contributed by atoms with Crippen molar-refractivity contribution < 1.29 is 4.79 Å². The minimum atomic E-state index is -0.0925. The van der Waals surface area contributed by atoms with Crippen molar-refractivity contribution in [1.29, 1.82) is 0 Å². The van der Waals surface area contributed by atoms with Gasteiger partial charge in [-0.1, -0.05) is 0 Å². The van der Waals surface area contributed by atoms with Gasteiger partial charge in [0, 0.05) is 32.7 Å². The van der Waals surface area contributed by atoms with Crippen LogP contribution in [-0.2, 0) is 4.79 Å². The Kier molecular flexibility index (Phi) is 4.74. The molecule has 16 heavy (non-hydrogen) atoms. The van der Waals surface area contributed by atoms with Crippen molar-refractivity contribution in [3.05, 3.63) is 0 Å². The van der Waals surface area contributed by atoms with Crippen LogP contribution >= 0.6 is 0 Å². The third-order valence-corrected chi connectivity index (χ3v) is 3.35. The molecule has 1 fully saturated rings. The van der Waals surface area contributed by atoms with Crippen LogP contribution < -0.4 is 5.32 Å². The van der Waals surface area contributed by atoms with Gasteiger partial charge in [0.1, 0.15) is 0 Å². The summed E-state index contributed by atoms with van der Waals surface area (Å²) in [7, 11) is 5.75. The van der Waals surface area contributed by atoms with Crippen LogP contribution in [0.1, 0.15) is 26.7 Å². The van der Waals surface area contributed by atoms with Crippen molar-refractivity contribution in [1.82, 2.24) is 15.1 Å². The second-order valence-corrected chi connectivity index (χ2v) is 5.11. The first-order valence-electron chi connectivity index (χ1n) is 6.10. The van der Waals surface area contributed by atoms with Crippen molar-refractivity contribution >= 4 is 5.91 Å². The number of nitrogens with zero attached hydrogens (tertiary/aromatic N) is 2. The van der Waals surface area contributed by atoms with E-state index < -0.39 is 0 Å². The fourth-order valence-electron chi connectivity index (χ4n) is 1.81. The highest BCUT2D eigenvalue weighted by atomic mass is 16.2. The molecular weight excluding hydrogens is 202 g/mol. The molecule has 0 aliphatic heterocycles. The molecular formula is C12H25N3O. The number of amides is 1. The third-order valence-electron chi connectivity index (χ3n) is 3.35. The summed E-state index contributed by atoms with van der Waals surface area (Å²) in [4.78, 5) is 15.7. The molecule has 1 aliphatic carbocycles. The van der Waals surface area contributed by atoms with Crippen LogP contribution in [0.25, 0.3) is 0 Å². The Hall–Kier alpha value is -0.610. The molecule has 0 bridgehead atoms. The number of carbonyl (C=O) groups is 1. The van der Waals surface area contributed by atoms with E-state index in [0.29, 0.717) is 6.04 Å². The Balaban J connectivity index is 2.24. The Morgan fingerprint density at radius 3 is 2.31 bits per heavy atom. The normalized spacial score (nSPS) is 19.6. The van der Waals surface area contributed by atoms with Gasteiger partial charge in [-0.15, -0.1) is 0 Å². The molecule has 4 nitrogen and oxygen atoms in total. The van der Waals surface area contributed by atoms with Crippen LogP contribution in [0.3, 0.4) is 0 Å². The fourth-order valence-corrected chi connectivity index (χ4v) is 1.81. The summed E-state index contributed by atoms with van der Waals surface area (Å²) in [6.07, 6.45) is 2.65. The average Bonchev–Trinajstić information content (AvgIpc) is 3.06. The van der Waals surface area contributed by atoms with Gasteiger partial charge in [-0.25, -0.2) is 0 Å². The van der Waals surface area contributed by atoms with E-state index in [9.17, 15) is 4.79 Å². The SMILES string of the molecule is CC(NCC(C)N(C)C1CC1)C(=O)N(C)C. The molecule has 94 valence electrons. The lowest BCUT2D eigenvalue weighted by Crippen LogP contribution is -2.47. The van der Waals surface area contributed by atoms with E-state index in [1.165, 1.54) is 12.8 Å². The van der Waals surface area contributed by atoms with Crippen molar-refractivity contribution in [2.75, 3.05) is 27.7 Å². The van der Waals surface area contributed by atoms with Crippen LogP contribution in [0, 0.1) is 0 Å². The quantitative estimate of drug-likeness (QED) is 0.719. The predicted molar refractivity (Wildman–Crippen MR) is 66.4 cm³/mol. The van der Waals surface area contributed by atoms with Gasteiger partial charge in [-0.05, 0) is 33.7 Å². The summed E-state index contributed by atoms with van der Waals surface area (Å²) < 4.78 is 0. The van der Waals surface area contributed by atoms with Crippen molar-refractivity contribution in [2.24, 2.45) is 0 Å². The number of rotatable bonds is 6. The van der Waals surface area contributed by atoms with Gasteiger partial charge in [0.2, 0.25) is 5.91 Å². The smallest absolute Gasteiger partial charge is 0.238 e. The van der Waals surface area contributed by atoms with Gasteiger partial charge in [-0.3, -0.25) is 9.69 Å². The van der Waals surface area contributed by atoms with E-state index in [1.54, 1.807) is 19.0 Å². The first-order chi connectivity index (χ1) is 7.43. The van der Waals surface area contributed by atoms with Crippen LogP contribution in [0.15, 0.2) is 0 Å². The third kappa shape index (κ3) is 3.76. The van der Waals surface area contributed by atoms with Gasteiger partial charge in [0.15, 0.2) is 0 Å². The predicted octanol–water partition coefficient (Wildman–Crippen LogP) is 0.535. The maximum Gasteiger partial charge on any atom is 0.238 e. The van der Waals surface area contributed by atoms with Gasteiger partial charge in [-0.2, -0.15) is 0 Å². The average molecular weight is 227 g/mol. The largest absolute Gasteiger partial charge is 0.347 e. The Morgan fingerprint density at radius 2 is 1.88 bits per heavy atom. The van der Waals surface area contributed by atoms with Crippen LogP contribution in [0.4, 0.5) is 0 Å². The first kappa shape index (κ1) is 13.5. The number of carbonyl (C=O) groups excluding carboxylic acids is 1. The van der Waals surface area contributed by atoms with Crippen molar-refractivity contribution in [3.63, 3.8) is 0 Å². The number of likely N-dealkylation sites (N-methyl/N-ethyl adjacent to an activating group) is 2. The monoisotopic (exact) mass is 227 g/mol. The number of hydrogen-bond donors (Lipinski definition) is 1. The molecule has 1 saturated carbocycles. The highest BCUT2D eigenvalue weighted by molar-refractivity contribution is 5.80. The lowest BCUT2D eigenvalue weighted by molar-refractivity contribution is -0.130. The maximum atomic E-state index is 11.6. The Morgan fingerprint density at radius 1 is 1.31 bits per heavy atom. The minimum absolute atomic E-state index is 0.0925. The van der Waals surface area contributed by atoms with E-state index in [0.717, 1.165) is 12.6 Å². The lowest BCUT2D eigenvalue weighted by atomic mass is 10.2. The molecule has 4 heteroatoms. The molecule has 1 rings (SSSR count). The zero-order chi connectivity index (χ0) is 12.3. The van der Waals surface area contributed by atoms with Crippen LogP contribution in [0.2, 0.25) is 0 Å². The molecule has 0 aromatic carbocycles. The van der Waals surface area contributed by atoms with E-state index in [-0.39, 0.29) is 11.9 Å². The zero-order valence-electron chi connectivity index (χ0n) is 11.2. The summed E-state index contributed by atoms with van der Waals surface area (Å²) in [5.74, 6) is 0.140. The maximum absolute atomic E-state index is 11.6. The number of hydrogen-bond acceptors (Lipinski definition) is 3. The van der Waals surface area contributed by atoms with Crippen LogP contribution in [-0.4, -0.2) is 61.5 Å².